The van der Waals surface area contributed by atoms with Gasteiger partial charge in [-0.05, 0) is 25.7 Å². The molecule has 0 aliphatic heterocycles. The van der Waals surface area contributed by atoms with E-state index in [-0.39, 0.29) is 47.3 Å². The maximum absolute atomic E-state index is 12.6. The molecule has 5 heteroatoms. The number of carbonyl (C=O) groups is 4. The highest BCUT2D eigenvalue weighted by atomic mass is 28.3. The van der Waals surface area contributed by atoms with Crippen LogP contribution in [-0.2, 0) is 19.2 Å². The number of hydrogen-bond donors (Lipinski definition) is 0. The molecule has 0 aromatic rings. The molecule has 0 bridgehead atoms. The van der Waals surface area contributed by atoms with Gasteiger partial charge in [0.2, 0.25) is 0 Å². The van der Waals surface area contributed by atoms with Crippen molar-refractivity contribution >= 4 is 29.7 Å². The van der Waals surface area contributed by atoms with Gasteiger partial charge in [-0.25, -0.2) is 0 Å². The van der Waals surface area contributed by atoms with E-state index in [1.165, 1.54) is 0 Å². The van der Waals surface area contributed by atoms with Crippen molar-refractivity contribution < 1.29 is 19.2 Å². The predicted octanol–water partition coefficient (Wildman–Crippen LogP) is 3.07. The van der Waals surface area contributed by atoms with E-state index in [0.29, 0.717) is 25.7 Å². The van der Waals surface area contributed by atoms with Crippen LogP contribution >= 0.6 is 0 Å². The molecule has 0 spiro atoms. The molecule has 21 heavy (non-hydrogen) atoms. The van der Waals surface area contributed by atoms with E-state index in [0.717, 1.165) is 0 Å². The third-order valence-electron chi connectivity index (χ3n) is 3.58. The zero-order valence-electron chi connectivity index (χ0n) is 13.8. The summed E-state index contributed by atoms with van der Waals surface area (Å²) >= 11 is 0. The summed E-state index contributed by atoms with van der Waals surface area (Å²) in [4.78, 5) is 50.5. The first-order valence-corrected chi connectivity index (χ1v) is 10.1. The van der Waals surface area contributed by atoms with Crippen molar-refractivity contribution in [3.05, 3.63) is 0 Å². The summed E-state index contributed by atoms with van der Waals surface area (Å²) in [5.74, 6) is 0. The maximum Gasteiger partial charge on any atom is 0.347 e. The first kappa shape index (κ1) is 19.9. The Kier molecular flexibility index (Phi) is 9.25. The molecule has 0 rings (SSSR count). The molecule has 0 amide bonds. The van der Waals surface area contributed by atoms with Gasteiger partial charge in [0.15, 0.2) is 0 Å². The largest absolute Gasteiger partial charge is 0.347 e. The van der Waals surface area contributed by atoms with Crippen LogP contribution in [0.2, 0.25) is 0 Å². The molecule has 0 fully saturated rings. The van der Waals surface area contributed by atoms with Crippen LogP contribution < -0.4 is 0 Å². The highest BCUT2D eigenvalue weighted by molar-refractivity contribution is 7.53. The van der Waals surface area contributed by atoms with E-state index in [9.17, 15) is 19.2 Å². The van der Waals surface area contributed by atoms with E-state index >= 15 is 0 Å². The summed E-state index contributed by atoms with van der Waals surface area (Å²) in [6.07, 6.45) is 2.88. The fraction of sp³-hybridized carbons (Fsp3) is 0.750. The first-order valence-electron chi connectivity index (χ1n) is 8.06. The molecule has 0 saturated heterocycles. The number of rotatable bonds is 12. The van der Waals surface area contributed by atoms with Gasteiger partial charge in [-0.3, -0.25) is 0 Å². The van der Waals surface area contributed by atoms with E-state index in [2.05, 4.69) is 0 Å². The summed E-state index contributed by atoms with van der Waals surface area (Å²) in [5, 5.41) is -1.44. The normalized spacial score (nSPS) is 11.2. The minimum atomic E-state index is -3.85. The van der Waals surface area contributed by atoms with Gasteiger partial charge in [-0.2, -0.15) is 0 Å². The van der Waals surface area contributed by atoms with Gasteiger partial charge >= 0.3 is 8.07 Å². The number of hydrogen-bond acceptors (Lipinski definition) is 4. The average molecular weight is 312 g/mol. The van der Waals surface area contributed by atoms with Crippen molar-refractivity contribution in [2.75, 3.05) is 0 Å². The molecule has 4 nitrogen and oxygen atoms in total. The molecule has 0 atom stereocenters. The third-order valence-corrected chi connectivity index (χ3v) is 7.93. The van der Waals surface area contributed by atoms with Gasteiger partial charge in [0.1, 0.15) is 21.6 Å². The summed E-state index contributed by atoms with van der Waals surface area (Å²) < 4.78 is 0. The Morgan fingerprint density at radius 1 is 0.524 bits per heavy atom. The van der Waals surface area contributed by atoms with Crippen molar-refractivity contribution in [3.63, 3.8) is 0 Å². The lowest BCUT2D eigenvalue weighted by molar-refractivity contribution is -0.123. The van der Waals surface area contributed by atoms with Gasteiger partial charge in [0.05, 0.1) is 0 Å². The molecular formula is C16H28O4Si. The molecular weight excluding hydrogens is 284 g/mol. The molecule has 0 aliphatic rings. The van der Waals surface area contributed by atoms with Gasteiger partial charge < -0.3 is 19.2 Å². The van der Waals surface area contributed by atoms with Crippen molar-refractivity contribution in [2.24, 2.45) is 0 Å². The second-order valence-electron chi connectivity index (χ2n) is 5.44. The summed E-state index contributed by atoms with van der Waals surface area (Å²) in [6, 6.07) is 0. The fourth-order valence-corrected chi connectivity index (χ4v) is 6.96. The van der Waals surface area contributed by atoms with Crippen LogP contribution in [0.15, 0.2) is 0 Å². The SMILES string of the molecule is CCCC(=O)[Si](C(=O)CCC)(C(=O)CCC)C(=O)CCC. The van der Waals surface area contributed by atoms with Crippen LogP contribution in [0.5, 0.6) is 0 Å². The van der Waals surface area contributed by atoms with E-state index in [1.807, 2.05) is 27.7 Å². The second-order valence-corrected chi connectivity index (χ2v) is 9.17. The van der Waals surface area contributed by atoms with E-state index in [1.54, 1.807) is 0 Å². The zero-order chi connectivity index (χ0) is 16.5. The van der Waals surface area contributed by atoms with Crippen molar-refractivity contribution in [1.82, 2.24) is 0 Å². The van der Waals surface area contributed by atoms with Gasteiger partial charge in [-0.1, -0.05) is 27.7 Å². The maximum atomic E-state index is 12.6. The van der Waals surface area contributed by atoms with Crippen LogP contribution in [0.4, 0.5) is 0 Å². The molecule has 0 saturated carbocycles. The average Bonchev–Trinajstić information content (AvgIpc) is 2.40. The smallest absolute Gasteiger partial charge is 0.304 e. The van der Waals surface area contributed by atoms with Gasteiger partial charge in [-0.15, -0.1) is 0 Å². The Bertz CT molecular complexity index is 324. The van der Waals surface area contributed by atoms with Crippen LogP contribution in [-0.4, -0.2) is 29.7 Å². The Morgan fingerprint density at radius 3 is 0.857 bits per heavy atom. The molecule has 0 unspecified atom stereocenters. The first-order chi connectivity index (χ1) is 9.93. The second kappa shape index (κ2) is 9.76. The van der Waals surface area contributed by atoms with Crippen LogP contribution in [0.3, 0.4) is 0 Å². The van der Waals surface area contributed by atoms with Crippen molar-refractivity contribution in [3.8, 4) is 0 Å². The Morgan fingerprint density at radius 2 is 0.714 bits per heavy atom. The molecule has 0 radical (unpaired) electrons. The minimum Gasteiger partial charge on any atom is -0.304 e. The van der Waals surface area contributed by atoms with Crippen molar-refractivity contribution in [1.29, 1.82) is 0 Å². The monoisotopic (exact) mass is 312 g/mol. The lowest BCUT2D eigenvalue weighted by Crippen LogP contribution is -2.65. The Hall–Kier alpha value is -1.10. The molecule has 0 aliphatic carbocycles. The zero-order valence-corrected chi connectivity index (χ0v) is 14.8. The quantitative estimate of drug-likeness (QED) is 0.519. The van der Waals surface area contributed by atoms with Crippen LogP contribution in [0, 0.1) is 0 Å². The summed E-state index contributed by atoms with van der Waals surface area (Å²) in [5.41, 5.74) is 0. The van der Waals surface area contributed by atoms with Crippen molar-refractivity contribution in [2.45, 2.75) is 79.1 Å². The highest BCUT2D eigenvalue weighted by Gasteiger charge is 2.58. The molecule has 0 aromatic heterocycles. The van der Waals surface area contributed by atoms with E-state index in [4.69, 9.17) is 0 Å². The molecule has 120 valence electrons. The fourth-order valence-electron chi connectivity index (χ4n) is 2.59. The topological polar surface area (TPSA) is 68.3 Å². The minimum absolute atomic E-state index is 0.159. The predicted molar refractivity (Wildman–Crippen MR) is 85.4 cm³/mol. The lowest BCUT2D eigenvalue weighted by Gasteiger charge is -2.25. The highest BCUT2D eigenvalue weighted by Crippen LogP contribution is 2.21. The summed E-state index contributed by atoms with van der Waals surface area (Å²) in [7, 11) is -3.85. The van der Waals surface area contributed by atoms with Crippen LogP contribution in [0.1, 0.15) is 79.1 Å². The van der Waals surface area contributed by atoms with Gasteiger partial charge in [0.25, 0.3) is 0 Å². The molecule has 0 N–H and O–H groups in total. The standard InChI is InChI=1S/C16H28O4Si/c1-5-9-13(17)21(14(18)10-6-2,15(19)11-7-3)16(20)12-8-4/h5-12H2,1-4H3. The van der Waals surface area contributed by atoms with Gasteiger partial charge in [0, 0.05) is 25.7 Å². The Labute approximate surface area is 128 Å². The lowest BCUT2D eigenvalue weighted by atomic mass is 10.3. The Balaban J connectivity index is 5.93. The number of carbonyl (C=O) groups excluding carboxylic acids is 4. The van der Waals surface area contributed by atoms with E-state index < -0.39 is 8.07 Å². The molecule has 0 heterocycles. The molecule has 0 aromatic carbocycles. The van der Waals surface area contributed by atoms with Crippen LogP contribution in [0.25, 0.3) is 0 Å². The summed E-state index contributed by atoms with van der Waals surface area (Å²) in [6.45, 7) is 7.32. The third kappa shape index (κ3) is 4.43.